The molecule has 0 saturated carbocycles. The lowest BCUT2D eigenvalue weighted by Gasteiger charge is -2.23. The summed E-state index contributed by atoms with van der Waals surface area (Å²) in [5, 5.41) is 3.53. The Morgan fingerprint density at radius 3 is 2.62 bits per heavy atom. The van der Waals surface area contributed by atoms with Gasteiger partial charge in [0.15, 0.2) is 0 Å². The van der Waals surface area contributed by atoms with Gasteiger partial charge in [0.1, 0.15) is 12.4 Å². The van der Waals surface area contributed by atoms with E-state index in [2.05, 4.69) is 50.4 Å². The van der Waals surface area contributed by atoms with Gasteiger partial charge in [-0.2, -0.15) is 0 Å². The highest BCUT2D eigenvalue weighted by atomic mass is 16.5. The minimum absolute atomic E-state index is 0.381. The van der Waals surface area contributed by atoms with E-state index in [0.717, 1.165) is 31.9 Å². The van der Waals surface area contributed by atoms with Crippen LogP contribution in [0.1, 0.15) is 45.1 Å². The molecule has 0 bridgehead atoms. The Bertz CT molecular complexity index is 398. The van der Waals surface area contributed by atoms with Crippen LogP contribution in [0.25, 0.3) is 0 Å². The molecule has 0 amide bonds. The zero-order valence-corrected chi connectivity index (χ0v) is 13.6. The molecule has 0 radical (unpaired) electrons. The van der Waals surface area contributed by atoms with Crippen molar-refractivity contribution in [3.05, 3.63) is 29.8 Å². The van der Waals surface area contributed by atoms with E-state index in [9.17, 15) is 0 Å². The molecular formula is C18H29NO2. The fourth-order valence-electron chi connectivity index (χ4n) is 2.81. The molecule has 118 valence electrons. The van der Waals surface area contributed by atoms with Crippen molar-refractivity contribution in [1.29, 1.82) is 0 Å². The molecule has 3 atom stereocenters. The van der Waals surface area contributed by atoms with Gasteiger partial charge in [0.05, 0.1) is 6.61 Å². The van der Waals surface area contributed by atoms with Crippen LogP contribution in [0.5, 0.6) is 5.75 Å². The molecule has 2 rings (SSSR count). The molecule has 1 N–H and O–H groups in total. The highest BCUT2D eigenvalue weighted by Gasteiger charge is 2.25. The van der Waals surface area contributed by atoms with E-state index in [1.165, 1.54) is 12.0 Å². The summed E-state index contributed by atoms with van der Waals surface area (Å²) in [6.45, 7) is 10.0. The molecule has 21 heavy (non-hydrogen) atoms. The highest BCUT2D eigenvalue weighted by molar-refractivity contribution is 5.29. The predicted octanol–water partition coefficient (Wildman–Crippen LogP) is 3.59. The molecule has 1 aromatic rings. The molecule has 3 heteroatoms. The first-order valence-electron chi connectivity index (χ1n) is 8.28. The maximum atomic E-state index is 5.98. The van der Waals surface area contributed by atoms with Crippen molar-refractivity contribution in [3.8, 4) is 5.75 Å². The summed E-state index contributed by atoms with van der Waals surface area (Å²) in [5.74, 6) is 2.15. The topological polar surface area (TPSA) is 30.5 Å². The van der Waals surface area contributed by atoms with Crippen LogP contribution in [0.2, 0.25) is 0 Å². The van der Waals surface area contributed by atoms with Gasteiger partial charge in [-0.25, -0.2) is 0 Å². The van der Waals surface area contributed by atoms with Gasteiger partial charge in [0.2, 0.25) is 0 Å². The van der Waals surface area contributed by atoms with Crippen LogP contribution in [0.15, 0.2) is 24.3 Å². The lowest BCUT2D eigenvalue weighted by atomic mass is 9.98. The maximum absolute atomic E-state index is 5.98. The van der Waals surface area contributed by atoms with Crippen LogP contribution < -0.4 is 10.1 Å². The van der Waals surface area contributed by atoms with Crippen molar-refractivity contribution in [2.45, 2.75) is 45.6 Å². The van der Waals surface area contributed by atoms with Crippen LogP contribution >= 0.6 is 0 Å². The molecule has 1 saturated heterocycles. The maximum Gasteiger partial charge on any atom is 0.119 e. The third-order valence-corrected chi connectivity index (χ3v) is 4.49. The van der Waals surface area contributed by atoms with Crippen molar-refractivity contribution < 1.29 is 9.47 Å². The molecule has 0 spiro atoms. The lowest BCUT2D eigenvalue weighted by Crippen LogP contribution is -2.41. The third kappa shape index (κ3) is 4.72. The second-order valence-corrected chi connectivity index (χ2v) is 5.98. The Labute approximate surface area is 129 Å². The average Bonchev–Trinajstić information content (AvgIpc) is 3.05. The van der Waals surface area contributed by atoms with Gasteiger partial charge >= 0.3 is 0 Å². The van der Waals surface area contributed by atoms with Gasteiger partial charge < -0.3 is 14.8 Å². The first-order chi connectivity index (χ1) is 10.2. The van der Waals surface area contributed by atoms with Crippen molar-refractivity contribution in [3.63, 3.8) is 0 Å². The van der Waals surface area contributed by atoms with Crippen LogP contribution in [-0.4, -0.2) is 32.4 Å². The molecule has 0 aliphatic carbocycles. The number of benzene rings is 1. The molecule has 1 heterocycles. The summed E-state index contributed by atoms with van der Waals surface area (Å²) in [7, 11) is 0. The normalized spacial score (nSPS) is 21.2. The number of likely N-dealkylation sites (N-methyl/N-ethyl adjacent to an activating group) is 1. The van der Waals surface area contributed by atoms with Gasteiger partial charge in [0.25, 0.3) is 0 Å². The van der Waals surface area contributed by atoms with Crippen LogP contribution in [0.4, 0.5) is 0 Å². The number of hydrogen-bond acceptors (Lipinski definition) is 3. The average molecular weight is 291 g/mol. The van der Waals surface area contributed by atoms with Crippen molar-refractivity contribution in [2.75, 3.05) is 26.4 Å². The van der Waals surface area contributed by atoms with Gasteiger partial charge in [-0.3, -0.25) is 0 Å². The summed E-state index contributed by atoms with van der Waals surface area (Å²) >= 11 is 0. The van der Waals surface area contributed by atoms with E-state index in [1.807, 2.05) is 0 Å². The summed E-state index contributed by atoms with van der Waals surface area (Å²) in [6, 6.07) is 8.94. The van der Waals surface area contributed by atoms with Crippen LogP contribution in [0, 0.1) is 5.92 Å². The van der Waals surface area contributed by atoms with Gasteiger partial charge in [-0.15, -0.1) is 0 Å². The fraction of sp³-hybridized carbons (Fsp3) is 0.667. The number of rotatable bonds is 8. The van der Waals surface area contributed by atoms with Crippen LogP contribution in [0.3, 0.4) is 0 Å². The smallest absolute Gasteiger partial charge is 0.119 e. The zero-order chi connectivity index (χ0) is 15.1. The Hall–Kier alpha value is -1.06. The van der Waals surface area contributed by atoms with E-state index in [-0.39, 0.29) is 0 Å². The monoisotopic (exact) mass is 291 g/mol. The van der Waals surface area contributed by atoms with E-state index in [1.54, 1.807) is 0 Å². The molecule has 1 fully saturated rings. The fourth-order valence-corrected chi connectivity index (χ4v) is 2.81. The van der Waals surface area contributed by atoms with E-state index < -0.39 is 0 Å². The largest absolute Gasteiger partial charge is 0.492 e. The molecule has 3 unspecified atom stereocenters. The molecule has 0 aromatic heterocycles. The lowest BCUT2D eigenvalue weighted by molar-refractivity contribution is 0.161. The van der Waals surface area contributed by atoms with Crippen molar-refractivity contribution >= 4 is 0 Å². The quantitative estimate of drug-likeness (QED) is 0.794. The van der Waals surface area contributed by atoms with E-state index in [4.69, 9.17) is 9.47 Å². The number of hydrogen-bond donors (Lipinski definition) is 1. The summed E-state index contributed by atoms with van der Waals surface area (Å²) in [6.07, 6.45) is 2.30. The predicted molar refractivity (Wildman–Crippen MR) is 87.0 cm³/mol. The second kappa shape index (κ2) is 8.40. The van der Waals surface area contributed by atoms with E-state index >= 15 is 0 Å². The molecular weight excluding hydrogens is 262 g/mol. The van der Waals surface area contributed by atoms with Crippen molar-refractivity contribution in [1.82, 2.24) is 5.32 Å². The van der Waals surface area contributed by atoms with Crippen molar-refractivity contribution in [2.24, 2.45) is 5.92 Å². The first kappa shape index (κ1) is 16.3. The highest BCUT2D eigenvalue weighted by Crippen LogP contribution is 2.22. The zero-order valence-electron chi connectivity index (χ0n) is 13.6. The third-order valence-electron chi connectivity index (χ3n) is 4.49. The van der Waals surface area contributed by atoms with Crippen LogP contribution in [-0.2, 0) is 4.74 Å². The molecule has 1 aromatic carbocycles. The molecule has 1 aliphatic rings. The van der Waals surface area contributed by atoms with Gasteiger partial charge in [0, 0.05) is 18.6 Å². The van der Waals surface area contributed by atoms with E-state index in [0.29, 0.717) is 24.5 Å². The summed E-state index contributed by atoms with van der Waals surface area (Å²) in [5.41, 5.74) is 1.39. The Balaban J connectivity index is 1.87. The van der Waals surface area contributed by atoms with Gasteiger partial charge in [-0.1, -0.05) is 32.9 Å². The summed E-state index contributed by atoms with van der Waals surface area (Å²) in [4.78, 5) is 0. The minimum atomic E-state index is 0.381. The van der Waals surface area contributed by atoms with Gasteiger partial charge in [-0.05, 0) is 43.0 Å². The Morgan fingerprint density at radius 2 is 2.05 bits per heavy atom. The summed E-state index contributed by atoms with van der Waals surface area (Å²) < 4.78 is 11.5. The molecule has 3 nitrogen and oxygen atoms in total. The Kier molecular flexibility index (Phi) is 6.52. The Morgan fingerprint density at radius 1 is 1.29 bits per heavy atom. The standard InChI is InChI=1S/C18H29NO2/c1-4-14(3)15-6-8-17(9-7-15)21-13-18(19-5-2)16-10-11-20-12-16/h6-9,14,16,18-19H,4-5,10-13H2,1-3H3. The first-order valence-corrected chi connectivity index (χ1v) is 8.28. The second-order valence-electron chi connectivity index (χ2n) is 5.98. The number of nitrogens with one attached hydrogen (secondary N) is 1. The molecule has 1 aliphatic heterocycles. The minimum Gasteiger partial charge on any atom is -0.492 e. The number of ether oxygens (including phenoxy) is 2. The SMILES string of the molecule is CCNC(COc1ccc(C(C)CC)cc1)C1CCOC1.